The summed E-state index contributed by atoms with van der Waals surface area (Å²) in [5, 5.41) is 7.09. The summed E-state index contributed by atoms with van der Waals surface area (Å²) in [6.07, 6.45) is 3.50. The summed E-state index contributed by atoms with van der Waals surface area (Å²) in [5.74, 6) is 1.58. The van der Waals surface area contributed by atoms with Gasteiger partial charge in [-0.2, -0.15) is 0 Å². The third kappa shape index (κ3) is 3.57. The molecule has 0 radical (unpaired) electrons. The van der Waals surface area contributed by atoms with Crippen LogP contribution in [0.15, 0.2) is 35.1 Å². The van der Waals surface area contributed by atoms with Gasteiger partial charge in [0.1, 0.15) is 5.76 Å². The second-order valence-electron chi connectivity index (χ2n) is 6.86. The number of rotatable bonds is 5. The van der Waals surface area contributed by atoms with Crippen LogP contribution < -0.4 is 5.32 Å². The highest BCUT2D eigenvalue weighted by Gasteiger charge is 2.43. The number of hydrogen-bond donors (Lipinski definition) is 1. The van der Waals surface area contributed by atoms with Crippen molar-refractivity contribution in [2.45, 2.75) is 19.6 Å². The number of aryl methyl sites for hydroxylation is 1. The predicted molar refractivity (Wildman–Crippen MR) is 89.8 cm³/mol. The van der Waals surface area contributed by atoms with Gasteiger partial charge in [0, 0.05) is 62.0 Å². The normalized spacial score (nSPS) is 25.9. The lowest BCUT2D eigenvalue weighted by molar-refractivity contribution is 0.0901. The highest BCUT2D eigenvalue weighted by molar-refractivity contribution is 5.93. The minimum atomic E-state index is -0.0567. The van der Waals surface area contributed by atoms with Crippen molar-refractivity contribution in [1.82, 2.24) is 20.4 Å². The highest BCUT2D eigenvalue weighted by Crippen LogP contribution is 2.34. The van der Waals surface area contributed by atoms with Gasteiger partial charge in [-0.1, -0.05) is 5.16 Å². The van der Waals surface area contributed by atoms with E-state index in [1.807, 2.05) is 13.0 Å². The van der Waals surface area contributed by atoms with Crippen molar-refractivity contribution < 1.29 is 14.1 Å². The first-order chi connectivity index (χ1) is 12.2. The van der Waals surface area contributed by atoms with E-state index >= 15 is 0 Å². The number of nitrogens with one attached hydrogen (secondary N) is 1. The van der Waals surface area contributed by atoms with Gasteiger partial charge in [0.25, 0.3) is 5.91 Å². The summed E-state index contributed by atoms with van der Waals surface area (Å²) < 4.78 is 11.1. The zero-order valence-electron chi connectivity index (χ0n) is 14.2. The summed E-state index contributed by atoms with van der Waals surface area (Å²) in [4.78, 5) is 18.5. The number of likely N-dealkylation sites (tertiary alicyclic amines) is 1. The molecule has 4 rings (SSSR count). The van der Waals surface area contributed by atoms with Gasteiger partial charge >= 0.3 is 0 Å². The zero-order valence-corrected chi connectivity index (χ0v) is 14.2. The number of carbonyl (C=O) groups excluding carboxylic acids is 1. The molecule has 0 spiro atoms. The van der Waals surface area contributed by atoms with Crippen molar-refractivity contribution in [1.29, 1.82) is 0 Å². The number of fused-ring (bicyclic) bond motifs is 1. The molecule has 0 aromatic carbocycles. The first-order valence-corrected chi connectivity index (χ1v) is 8.63. The van der Waals surface area contributed by atoms with E-state index in [1.165, 1.54) is 0 Å². The number of nitrogens with zero attached hydrogens (tertiary/aromatic N) is 3. The summed E-state index contributed by atoms with van der Waals surface area (Å²) in [7, 11) is 0. The molecule has 0 saturated carbocycles. The highest BCUT2D eigenvalue weighted by atomic mass is 16.5. The quantitative estimate of drug-likeness (QED) is 0.881. The molecule has 2 aliphatic rings. The molecule has 0 aliphatic carbocycles. The van der Waals surface area contributed by atoms with E-state index in [0.717, 1.165) is 31.1 Å². The fourth-order valence-electron chi connectivity index (χ4n) is 3.77. The maximum atomic E-state index is 12.2. The van der Waals surface area contributed by atoms with Crippen LogP contribution >= 0.6 is 0 Å². The smallest absolute Gasteiger partial charge is 0.251 e. The molecule has 2 aromatic rings. The molecule has 2 saturated heterocycles. The van der Waals surface area contributed by atoms with E-state index in [4.69, 9.17) is 9.26 Å². The van der Waals surface area contributed by atoms with E-state index < -0.39 is 0 Å². The Morgan fingerprint density at radius 3 is 2.96 bits per heavy atom. The lowest BCUT2D eigenvalue weighted by atomic mass is 9.93. The minimum absolute atomic E-state index is 0.0567. The van der Waals surface area contributed by atoms with Crippen molar-refractivity contribution >= 4 is 5.91 Å². The van der Waals surface area contributed by atoms with Gasteiger partial charge < -0.3 is 14.6 Å². The van der Waals surface area contributed by atoms with Crippen molar-refractivity contribution in [3.8, 4) is 0 Å². The first-order valence-electron chi connectivity index (χ1n) is 8.63. The molecule has 0 unspecified atom stereocenters. The maximum absolute atomic E-state index is 12.2. The van der Waals surface area contributed by atoms with Crippen LogP contribution in [-0.2, 0) is 11.3 Å². The topological polar surface area (TPSA) is 80.5 Å². The Labute approximate surface area is 146 Å². The Morgan fingerprint density at radius 1 is 1.36 bits per heavy atom. The van der Waals surface area contributed by atoms with E-state index in [-0.39, 0.29) is 12.0 Å². The van der Waals surface area contributed by atoms with Gasteiger partial charge in [-0.15, -0.1) is 0 Å². The number of hydrogen-bond acceptors (Lipinski definition) is 6. The monoisotopic (exact) mass is 342 g/mol. The number of ether oxygens (including phenoxy) is 1. The van der Waals surface area contributed by atoms with Crippen molar-refractivity contribution in [3.63, 3.8) is 0 Å². The van der Waals surface area contributed by atoms with E-state index in [9.17, 15) is 4.79 Å². The summed E-state index contributed by atoms with van der Waals surface area (Å²) >= 11 is 0. The SMILES string of the molecule is Cc1cc(CN2C[C@@H]3[C@H](CNC(=O)c4ccncc4)CO[C@@H]3C2)no1. The fraction of sp³-hybridized carbons (Fsp3) is 0.500. The molecule has 7 heteroatoms. The standard InChI is InChI=1S/C18H22N4O3/c1-12-6-15(21-25-12)8-22-9-16-14(11-24-17(16)10-22)7-20-18(23)13-2-4-19-5-3-13/h2-6,14,16-17H,7-11H2,1H3,(H,20,23)/t14-,16-,17-/m1/s1. The van der Waals surface area contributed by atoms with Gasteiger partial charge in [0.15, 0.2) is 0 Å². The average molecular weight is 342 g/mol. The molecule has 4 heterocycles. The Kier molecular flexibility index (Phi) is 4.50. The van der Waals surface area contributed by atoms with Gasteiger partial charge in [0.2, 0.25) is 0 Å². The summed E-state index contributed by atoms with van der Waals surface area (Å²) in [6, 6.07) is 5.42. The van der Waals surface area contributed by atoms with Crippen LogP contribution in [0.5, 0.6) is 0 Å². The third-order valence-electron chi connectivity index (χ3n) is 5.04. The molecule has 0 bridgehead atoms. The fourth-order valence-corrected chi connectivity index (χ4v) is 3.77. The van der Waals surface area contributed by atoms with Crippen LogP contribution in [0.2, 0.25) is 0 Å². The molecular formula is C18H22N4O3. The van der Waals surface area contributed by atoms with Gasteiger partial charge in [-0.05, 0) is 19.1 Å². The molecule has 132 valence electrons. The van der Waals surface area contributed by atoms with Crippen LogP contribution in [0, 0.1) is 18.8 Å². The number of carbonyl (C=O) groups is 1. The van der Waals surface area contributed by atoms with Crippen molar-refractivity contribution in [3.05, 3.63) is 47.6 Å². The molecular weight excluding hydrogens is 320 g/mol. The van der Waals surface area contributed by atoms with E-state index in [2.05, 4.69) is 20.4 Å². The average Bonchev–Trinajstić information content (AvgIpc) is 3.30. The predicted octanol–water partition coefficient (Wildman–Crippen LogP) is 1.25. The molecule has 1 N–H and O–H groups in total. The molecule has 1 amide bonds. The van der Waals surface area contributed by atoms with Crippen LogP contribution in [0.25, 0.3) is 0 Å². The van der Waals surface area contributed by atoms with Gasteiger partial charge in [0.05, 0.1) is 18.4 Å². The molecule has 2 aliphatic heterocycles. The van der Waals surface area contributed by atoms with E-state index in [0.29, 0.717) is 30.6 Å². The van der Waals surface area contributed by atoms with Crippen molar-refractivity contribution in [2.75, 3.05) is 26.2 Å². The van der Waals surface area contributed by atoms with E-state index in [1.54, 1.807) is 24.5 Å². The van der Waals surface area contributed by atoms with Crippen LogP contribution in [-0.4, -0.2) is 53.3 Å². The van der Waals surface area contributed by atoms with Crippen LogP contribution in [0.1, 0.15) is 21.8 Å². The lowest BCUT2D eigenvalue weighted by Gasteiger charge is -2.19. The van der Waals surface area contributed by atoms with Gasteiger partial charge in [-0.3, -0.25) is 14.7 Å². The Hall–Kier alpha value is -2.25. The molecule has 3 atom stereocenters. The first kappa shape index (κ1) is 16.2. The number of aromatic nitrogens is 2. The van der Waals surface area contributed by atoms with Crippen LogP contribution in [0.4, 0.5) is 0 Å². The molecule has 2 aromatic heterocycles. The minimum Gasteiger partial charge on any atom is -0.376 e. The summed E-state index contributed by atoms with van der Waals surface area (Å²) in [5.41, 5.74) is 1.60. The molecule has 7 nitrogen and oxygen atoms in total. The second kappa shape index (κ2) is 6.93. The Morgan fingerprint density at radius 2 is 2.20 bits per heavy atom. The second-order valence-corrected chi connectivity index (χ2v) is 6.86. The third-order valence-corrected chi connectivity index (χ3v) is 5.04. The Bertz CT molecular complexity index is 733. The largest absolute Gasteiger partial charge is 0.376 e. The van der Waals surface area contributed by atoms with Gasteiger partial charge in [-0.25, -0.2) is 0 Å². The number of amides is 1. The number of pyridine rings is 1. The maximum Gasteiger partial charge on any atom is 0.251 e. The molecule has 2 fully saturated rings. The van der Waals surface area contributed by atoms with Crippen molar-refractivity contribution in [2.24, 2.45) is 11.8 Å². The van der Waals surface area contributed by atoms with Crippen LogP contribution in [0.3, 0.4) is 0 Å². The summed E-state index contributed by atoms with van der Waals surface area (Å²) in [6.45, 7) is 5.91. The Balaban J connectivity index is 1.30. The lowest BCUT2D eigenvalue weighted by Crippen LogP contribution is -2.34. The molecule has 25 heavy (non-hydrogen) atoms. The zero-order chi connectivity index (χ0) is 17.2.